The zero-order valence-electron chi connectivity index (χ0n) is 14.7. The third-order valence-electron chi connectivity index (χ3n) is 5.42. The molecule has 1 aliphatic heterocycles. The minimum Gasteiger partial charge on any atom is -0.477 e. The van der Waals surface area contributed by atoms with Crippen LogP contribution in [0, 0.1) is 6.92 Å². The fourth-order valence-electron chi connectivity index (χ4n) is 4.21. The lowest BCUT2D eigenvalue weighted by molar-refractivity contribution is 0.0870. The van der Waals surface area contributed by atoms with Crippen molar-refractivity contribution < 1.29 is 9.15 Å². The summed E-state index contributed by atoms with van der Waals surface area (Å²) in [6.45, 7) is 4.04. The molecule has 0 amide bonds. The standard InChI is InChI=1S/C21H20N2O3/c1-13-19-14(10-23(12-25-19)11-15-5-2-3-8-22-15)9-18-16-6-4-7-17(16)21(24)26-20(13)18/h2-3,5,8-9H,4,6-7,10-12H2,1H3. The Bertz CT molecular complexity index is 1060. The van der Waals surface area contributed by atoms with Crippen LogP contribution in [0.4, 0.5) is 0 Å². The van der Waals surface area contributed by atoms with Gasteiger partial charge in [-0.05, 0) is 49.9 Å². The topological polar surface area (TPSA) is 55.6 Å². The zero-order valence-corrected chi connectivity index (χ0v) is 14.7. The van der Waals surface area contributed by atoms with Gasteiger partial charge in [0.15, 0.2) is 0 Å². The predicted octanol–water partition coefficient (Wildman–Crippen LogP) is 3.34. The van der Waals surface area contributed by atoms with E-state index in [0.717, 1.165) is 65.9 Å². The minimum atomic E-state index is -0.180. The van der Waals surface area contributed by atoms with E-state index in [4.69, 9.17) is 9.15 Å². The molecule has 5 rings (SSSR count). The van der Waals surface area contributed by atoms with Crippen LogP contribution in [0.3, 0.4) is 0 Å². The highest BCUT2D eigenvalue weighted by atomic mass is 16.5. The fraction of sp³-hybridized carbons (Fsp3) is 0.333. The average Bonchev–Trinajstić information content (AvgIpc) is 3.15. The van der Waals surface area contributed by atoms with Gasteiger partial charge in [-0.2, -0.15) is 0 Å². The first-order valence-electron chi connectivity index (χ1n) is 9.07. The molecule has 0 saturated heterocycles. The Morgan fingerprint density at radius 3 is 2.96 bits per heavy atom. The number of benzene rings is 1. The molecule has 0 radical (unpaired) electrons. The predicted molar refractivity (Wildman–Crippen MR) is 98.2 cm³/mol. The second-order valence-electron chi connectivity index (χ2n) is 7.15. The van der Waals surface area contributed by atoms with E-state index in [1.54, 1.807) is 0 Å². The van der Waals surface area contributed by atoms with Crippen molar-refractivity contribution in [1.29, 1.82) is 0 Å². The number of hydrogen-bond acceptors (Lipinski definition) is 5. The van der Waals surface area contributed by atoms with Crippen molar-refractivity contribution in [2.24, 2.45) is 0 Å². The first-order valence-corrected chi connectivity index (χ1v) is 9.07. The second kappa shape index (κ2) is 5.95. The molecule has 1 aromatic carbocycles. The molecular formula is C21H20N2O3. The van der Waals surface area contributed by atoms with E-state index in [1.807, 2.05) is 31.3 Å². The first kappa shape index (κ1) is 15.6. The van der Waals surface area contributed by atoms with Gasteiger partial charge in [-0.3, -0.25) is 9.88 Å². The summed E-state index contributed by atoms with van der Waals surface area (Å²) >= 11 is 0. The lowest BCUT2D eigenvalue weighted by Gasteiger charge is -2.30. The average molecular weight is 348 g/mol. The van der Waals surface area contributed by atoms with Gasteiger partial charge >= 0.3 is 5.63 Å². The minimum absolute atomic E-state index is 0.180. The summed E-state index contributed by atoms with van der Waals surface area (Å²) in [5, 5.41) is 1.08. The number of ether oxygens (including phenoxy) is 1. The summed E-state index contributed by atoms with van der Waals surface area (Å²) < 4.78 is 11.7. The van der Waals surface area contributed by atoms with Crippen LogP contribution in [0.2, 0.25) is 0 Å². The van der Waals surface area contributed by atoms with Crippen molar-refractivity contribution in [3.63, 3.8) is 0 Å². The van der Waals surface area contributed by atoms with Gasteiger partial charge in [-0.25, -0.2) is 4.79 Å². The second-order valence-corrected chi connectivity index (χ2v) is 7.15. The number of pyridine rings is 1. The summed E-state index contributed by atoms with van der Waals surface area (Å²) in [6, 6.07) is 8.12. The van der Waals surface area contributed by atoms with Crippen LogP contribution in [0.1, 0.15) is 34.4 Å². The molecule has 26 heavy (non-hydrogen) atoms. The van der Waals surface area contributed by atoms with Gasteiger partial charge in [-0.15, -0.1) is 0 Å². The molecule has 3 aromatic rings. The van der Waals surface area contributed by atoms with Gasteiger partial charge in [0.05, 0.1) is 5.69 Å². The lowest BCUT2D eigenvalue weighted by atomic mass is 9.99. The molecule has 3 heterocycles. The largest absolute Gasteiger partial charge is 0.477 e. The van der Waals surface area contributed by atoms with E-state index in [2.05, 4.69) is 16.0 Å². The highest BCUT2D eigenvalue weighted by Gasteiger charge is 2.26. The Labute approximate surface area is 151 Å². The molecule has 2 aliphatic rings. The van der Waals surface area contributed by atoms with Crippen molar-refractivity contribution in [2.45, 2.75) is 39.3 Å². The van der Waals surface area contributed by atoms with Crippen LogP contribution in [0.5, 0.6) is 5.75 Å². The van der Waals surface area contributed by atoms with Crippen LogP contribution in [-0.4, -0.2) is 16.6 Å². The molecule has 1 aliphatic carbocycles. The molecule has 2 aromatic heterocycles. The van der Waals surface area contributed by atoms with Gasteiger partial charge < -0.3 is 9.15 Å². The molecule has 0 unspecified atom stereocenters. The third kappa shape index (κ3) is 2.42. The Hall–Kier alpha value is -2.66. The van der Waals surface area contributed by atoms with E-state index in [-0.39, 0.29) is 5.63 Å². The molecule has 0 saturated carbocycles. The van der Waals surface area contributed by atoms with Crippen molar-refractivity contribution in [3.05, 3.63) is 68.8 Å². The van der Waals surface area contributed by atoms with Gasteiger partial charge in [0, 0.05) is 41.4 Å². The molecular weight excluding hydrogens is 328 g/mol. The molecule has 0 N–H and O–H groups in total. The van der Waals surface area contributed by atoms with Crippen LogP contribution in [-0.2, 0) is 25.9 Å². The Morgan fingerprint density at radius 2 is 2.12 bits per heavy atom. The van der Waals surface area contributed by atoms with E-state index in [0.29, 0.717) is 12.3 Å². The Balaban J connectivity index is 1.57. The van der Waals surface area contributed by atoms with Crippen molar-refractivity contribution in [1.82, 2.24) is 9.88 Å². The SMILES string of the molecule is Cc1c2c(cc3c4c(c(=O)oc13)CCC4)CN(Cc1ccccn1)CO2. The lowest BCUT2D eigenvalue weighted by Crippen LogP contribution is -2.32. The van der Waals surface area contributed by atoms with E-state index in [9.17, 15) is 4.79 Å². The van der Waals surface area contributed by atoms with Crippen LogP contribution >= 0.6 is 0 Å². The smallest absolute Gasteiger partial charge is 0.339 e. The van der Waals surface area contributed by atoms with Gasteiger partial charge in [-0.1, -0.05) is 6.07 Å². The molecule has 0 fully saturated rings. The van der Waals surface area contributed by atoms with E-state index in [1.165, 1.54) is 5.56 Å². The van der Waals surface area contributed by atoms with Gasteiger partial charge in [0.25, 0.3) is 0 Å². The summed E-state index contributed by atoms with van der Waals surface area (Å²) in [5.74, 6) is 0.857. The molecule has 5 heteroatoms. The number of fused-ring (bicyclic) bond motifs is 4. The summed E-state index contributed by atoms with van der Waals surface area (Å²) in [6.07, 6.45) is 4.62. The highest BCUT2D eigenvalue weighted by Crippen LogP contribution is 2.38. The zero-order chi connectivity index (χ0) is 17.7. The molecule has 0 atom stereocenters. The Morgan fingerprint density at radius 1 is 1.23 bits per heavy atom. The summed E-state index contributed by atoms with van der Waals surface area (Å²) in [4.78, 5) is 18.9. The molecule has 132 valence electrons. The number of rotatable bonds is 2. The van der Waals surface area contributed by atoms with Crippen molar-refractivity contribution in [3.8, 4) is 5.75 Å². The summed E-state index contributed by atoms with van der Waals surface area (Å²) in [7, 11) is 0. The highest BCUT2D eigenvalue weighted by molar-refractivity contribution is 5.87. The van der Waals surface area contributed by atoms with Crippen molar-refractivity contribution >= 4 is 11.0 Å². The van der Waals surface area contributed by atoms with Crippen molar-refractivity contribution in [2.75, 3.05) is 6.73 Å². The van der Waals surface area contributed by atoms with Gasteiger partial charge in [0.1, 0.15) is 18.1 Å². The number of hydrogen-bond donors (Lipinski definition) is 0. The molecule has 0 spiro atoms. The number of aromatic nitrogens is 1. The fourth-order valence-corrected chi connectivity index (χ4v) is 4.21. The quantitative estimate of drug-likeness (QED) is 0.665. The monoisotopic (exact) mass is 348 g/mol. The van der Waals surface area contributed by atoms with Crippen LogP contribution < -0.4 is 10.4 Å². The number of aryl methyl sites for hydroxylation is 2. The molecule has 0 bridgehead atoms. The first-order chi connectivity index (χ1) is 12.7. The van der Waals surface area contributed by atoms with E-state index < -0.39 is 0 Å². The maximum atomic E-state index is 12.3. The van der Waals surface area contributed by atoms with E-state index >= 15 is 0 Å². The molecule has 5 nitrogen and oxygen atoms in total. The third-order valence-corrected chi connectivity index (χ3v) is 5.42. The van der Waals surface area contributed by atoms with Crippen LogP contribution in [0.15, 0.2) is 39.7 Å². The normalized spacial score (nSPS) is 16.3. The summed E-state index contributed by atoms with van der Waals surface area (Å²) in [5.41, 5.74) is 5.65. The van der Waals surface area contributed by atoms with Crippen LogP contribution in [0.25, 0.3) is 11.0 Å². The maximum absolute atomic E-state index is 12.3. The number of nitrogens with zero attached hydrogens (tertiary/aromatic N) is 2. The van der Waals surface area contributed by atoms with Gasteiger partial charge in [0.2, 0.25) is 0 Å². The Kier molecular flexibility index (Phi) is 3.57. The maximum Gasteiger partial charge on any atom is 0.339 e.